The Morgan fingerprint density at radius 3 is 2.53 bits per heavy atom. The minimum Gasteiger partial charge on any atom is -0.404 e. The van der Waals surface area contributed by atoms with Gasteiger partial charge in [0.05, 0.1) is 11.3 Å². The van der Waals surface area contributed by atoms with E-state index in [9.17, 15) is 31.1 Å². The molecule has 0 saturated carbocycles. The number of halogens is 6. The molecule has 3 heterocycles. The molecule has 7 nitrogen and oxygen atoms in total. The molecule has 3 aromatic heterocycles. The van der Waals surface area contributed by atoms with E-state index in [0.717, 1.165) is 12.3 Å². The zero-order valence-electron chi connectivity index (χ0n) is 16.2. The normalized spacial score (nSPS) is 13.5. The number of nitrogens with one attached hydrogen (secondary N) is 1. The average Bonchev–Trinajstić information content (AvgIpc) is 3.07. The second-order valence-electron chi connectivity index (χ2n) is 6.41. The molecule has 0 aliphatic heterocycles. The lowest BCUT2D eigenvalue weighted by molar-refractivity contribution is -0.141. The first-order valence-corrected chi connectivity index (χ1v) is 8.77. The van der Waals surface area contributed by atoms with Gasteiger partial charge in [-0.3, -0.25) is 14.2 Å². The van der Waals surface area contributed by atoms with Gasteiger partial charge in [-0.2, -0.15) is 26.3 Å². The standard InChI is InChI=1S/C19H14F6N6O/c1-10-9-31-14(28-10)3-2-4-15(31)30-16(19(23,24)25)12(8-26)17(32)29-11-5-6-27-13(7-11)18(20,21)22/h2-9H,26H2,1H3,(H,27,29,32). The van der Waals surface area contributed by atoms with Gasteiger partial charge in [-0.1, -0.05) is 6.07 Å². The highest BCUT2D eigenvalue weighted by atomic mass is 19.4. The van der Waals surface area contributed by atoms with E-state index in [0.29, 0.717) is 23.6 Å². The first-order chi connectivity index (χ1) is 14.9. The first-order valence-electron chi connectivity index (χ1n) is 8.77. The average molecular weight is 456 g/mol. The second kappa shape index (κ2) is 8.32. The van der Waals surface area contributed by atoms with E-state index in [2.05, 4.69) is 15.0 Å². The van der Waals surface area contributed by atoms with Gasteiger partial charge in [0.2, 0.25) is 0 Å². The van der Waals surface area contributed by atoms with Crippen LogP contribution in [0.5, 0.6) is 0 Å². The summed E-state index contributed by atoms with van der Waals surface area (Å²) in [5.74, 6) is -1.59. The van der Waals surface area contributed by atoms with Gasteiger partial charge in [-0.25, -0.2) is 9.98 Å². The summed E-state index contributed by atoms with van der Waals surface area (Å²) in [6.45, 7) is 1.63. The van der Waals surface area contributed by atoms with Crippen molar-refractivity contribution in [1.29, 1.82) is 0 Å². The molecule has 0 unspecified atom stereocenters. The van der Waals surface area contributed by atoms with Crippen molar-refractivity contribution < 1.29 is 31.1 Å². The third-order valence-electron chi connectivity index (χ3n) is 4.06. The molecule has 0 spiro atoms. The number of alkyl halides is 6. The van der Waals surface area contributed by atoms with Gasteiger partial charge in [0.1, 0.15) is 17.2 Å². The summed E-state index contributed by atoms with van der Waals surface area (Å²) < 4.78 is 81.0. The molecule has 0 bridgehead atoms. The molecule has 0 atom stereocenters. The zero-order valence-corrected chi connectivity index (χ0v) is 16.2. The minimum atomic E-state index is -5.12. The number of hydrogen-bond donors (Lipinski definition) is 2. The molecule has 32 heavy (non-hydrogen) atoms. The highest BCUT2D eigenvalue weighted by Crippen LogP contribution is 2.30. The number of aromatic nitrogens is 3. The van der Waals surface area contributed by atoms with Crippen molar-refractivity contribution in [3.63, 3.8) is 0 Å². The summed E-state index contributed by atoms with van der Waals surface area (Å²) >= 11 is 0. The van der Waals surface area contributed by atoms with E-state index in [1.807, 2.05) is 5.32 Å². The third-order valence-corrected chi connectivity index (χ3v) is 4.06. The smallest absolute Gasteiger partial charge is 0.404 e. The molecule has 0 saturated heterocycles. The highest BCUT2D eigenvalue weighted by molar-refractivity contribution is 6.27. The monoisotopic (exact) mass is 456 g/mol. The predicted molar refractivity (Wildman–Crippen MR) is 103 cm³/mol. The van der Waals surface area contributed by atoms with E-state index >= 15 is 0 Å². The van der Waals surface area contributed by atoms with Crippen LogP contribution in [0.15, 0.2) is 59.5 Å². The van der Waals surface area contributed by atoms with Crippen LogP contribution in [0, 0.1) is 6.92 Å². The van der Waals surface area contributed by atoms with Crippen molar-refractivity contribution in [3.8, 4) is 0 Å². The number of hydrogen-bond acceptors (Lipinski definition) is 5. The fourth-order valence-corrected chi connectivity index (χ4v) is 2.72. The number of pyridine rings is 2. The zero-order chi connectivity index (χ0) is 23.7. The number of rotatable bonds is 4. The Bertz CT molecular complexity index is 1230. The molecule has 0 fully saturated rings. The van der Waals surface area contributed by atoms with Crippen molar-refractivity contribution in [2.45, 2.75) is 19.3 Å². The summed E-state index contributed by atoms with van der Waals surface area (Å²) in [6, 6.07) is 5.71. The molecule has 0 aliphatic carbocycles. The molecule has 13 heteroatoms. The van der Waals surface area contributed by atoms with Crippen LogP contribution in [0.1, 0.15) is 11.4 Å². The van der Waals surface area contributed by atoms with Crippen LogP contribution >= 0.6 is 0 Å². The van der Waals surface area contributed by atoms with E-state index in [1.165, 1.54) is 22.7 Å². The molecule has 0 aromatic carbocycles. The molecule has 3 N–H and O–H groups in total. The van der Waals surface area contributed by atoms with Crippen molar-refractivity contribution in [3.05, 3.63) is 65.9 Å². The Kier molecular flexibility index (Phi) is 5.92. The number of amides is 1. The second-order valence-corrected chi connectivity index (χ2v) is 6.41. The lowest BCUT2D eigenvalue weighted by Crippen LogP contribution is -2.32. The molecule has 0 aliphatic rings. The number of carbonyl (C=O) groups is 1. The van der Waals surface area contributed by atoms with Crippen LogP contribution in [0.25, 0.3) is 5.65 Å². The molecule has 0 radical (unpaired) electrons. The van der Waals surface area contributed by atoms with Crippen molar-refractivity contribution in [2.24, 2.45) is 10.7 Å². The van der Waals surface area contributed by atoms with E-state index in [1.54, 1.807) is 13.0 Å². The van der Waals surface area contributed by atoms with Gasteiger partial charge in [0.25, 0.3) is 5.91 Å². The van der Waals surface area contributed by atoms with Crippen molar-refractivity contribution >= 4 is 28.8 Å². The van der Waals surface area contributed by atoms with Crippen LogP contribution in [0.3, 0.4) is 0 Å². The van der Waals surface area contributed by atoms with E-state index in [-0.39, 0.29) is 5.82 Å². The number of anilines is 1. The maximum absolute atomic E-state index is 13.8. The fraction of sp³-hybridized carbons (Fsp3) is 0.158. The van der Waals surface area contributed by atoms with E-state index < -0.39 is 40.9 Å². The number of fused-ring (bicyclic) bond motifs is 1. The van der Waals surface area contributed by atoms with Gasteiger partial charge in [-0.15, -0.1) is 0 Å². The fourth-order valence-electron chi connectivity index (χ4n) is 2.72. The maximum Gasteiger partial charge on any atom is 0.434 e. The van der Waals surface area contributed by atoms with Gasteiger partial charge in [0, 0.05) is 24.3 Å². The number of aryl methyl sites for hydroxylation is 1. The number of carbonyl (C=O) groups excluding carboxylic acids is 1. The number of aliphatic imine (C=N–C) groups is 1. The predicted octanol–water partition coefficient (Wildman–Crippen LogP) is 4.17. The topological polar surface area (TPSA) is 97.7 Å². The molecule has 168 valence electrons. The lowest BCUT2D eigenvalue weighted by atomic mass is 10.1. The summed E-state index contributed by atoms with van der Waals surface area (Å²) in [6.07, 6.45) is -7.34. The summed E-state index contributed by atoms with van der Waals surface area (Å²) in [5, 5.41) is 1.96. The minimum absolute atomic E-state index is 0.189. The third kappa shape index (κ3) is 4.87. The van der Waals surface area contributed by atoms with Crippen LogP contribution in [-0.4, -0.2) is 32.2 Å². The summed E-state index contributed by atoms with van der Waals surface area (Å²) in [7, 11) is 0. The van der Waals surface area contributed by atoms with Crippen LogP contribution in [-0.2, 0) is 11.0 Å². The van der Waals surface area contributed by atoms with Crippen molar-refractivity contribution in [1.82, 2.24) is 14.4 Å². The molecule has 1 amide bonds. The van der Waals surface area contributed by atoms with Gasteiger partial charge in [0.15, 0.2) is 5.71 Å². The van der Waals surface area contributed by atoms with Crippen LogP contribution in [0.4, 0.5) is 37.8 Å². The highest BCUT2D eigenvalue weighted by Gasteiger charge is 2.41. The molecular weight excluding hydrogens is 442 g/mol. The maximum atomic E-state index is 13.8. The van der Waals surface area contributed by atoms with Gasteiger partial charge in [-0.05, 0) is 31.2 Å². The molecule has 3 rings (SSSR count). The summed E-state index contributed by atoms with van der Waals surface area (Å²) in [5.41, 5.74) is 1.64. The summed E-state index contributed by atoms with van der Waals surface area (Å²) in [4.78, 5) is 23.3. The number of imidazole rings is 1. The number of nitrogens with zero attached hydrogens (tertiary/aromatic N) is 4. The Hall–Kier alpha value is -3.90. The van der Waals surface area contributed by atoms with Crippen LogP contribution in [0.2, 0.25) is 0 Å². The molecular formula is C19H14F6N6O. The van der Waals surface area contributed by atoms with Gasteiger partial charge < -0.3 is 11.1 Å². The van der Waals surface area contributed by atoms with E-state index in [4.69, 9.17) is 5.73 Å². The lowest BCUT2D eigenvalue weighted by Gasteiger charge is -2.15. The number of nitrogens with two attached hydrogens (primary N) is 1. The Morgan fingerprint density at radius 1 is 1.19 bits per heavy atom. The Balaban J connectivity index is 2.01. The molecule has 3 aromatic rings. The SMILES string of the molecule is Cc1cn2c(N=C(C(=CN)C(=O)Nc3ccnc(C(F)(F)F)c3)C(F)(F)F)cccc2n1. The largest absolute Gasteiger partial charge is 0.434 e. The Morgan fingerprint density at radius 2 is 1.91 bits per heavy atom. The quantitative estimate of drug-likeness (QED) is 0.350. The Labute approximate surface area is 176 Å². The van der Waals surface area contributed by atoms with Gasteiger partial charge >= 0.3 is 12.4 Å². The first kappa shape index (κ1) is 22.8. The van der Waals surface area contributed by atoms with Crippen molar-refractivity contribution in [2.75, 3.05) is 5.32 Å². The van der Waals surface area contributed by atoms with Crippen LogP contribution < -0.4 is 11.1 Å².